The van der Waals surface area contributed by atoms with E-state index in [1.165, 1.54) is 22.2 Å². The van der Waals surface area contributed by atoms with Gasteiger partial charge >= 0.3 is 0 Å². The van der Waals surface area contributed by atoms with Crippen LogP contribution < -0.4 is 5.32 Å². The van der Waals surface area contributed by atoms with E-state index in [-0.39, 0.29) is 0 Å². The number of para-hydroxylation sites is 3. The van der Waals surface area contributed by atoms with Gasteiger partial charge in [0.15, 0.2) is 4.77 Å². The number of H-pyrrole nitrogens is 1. The lowest BCUT2D eigenvalue weighted by Crippen LogP contribution is -2.12. The van der Waals surface area contributed by atoms with Crippen molar-refractivity contribution in [3.05, 3.63) is 100 Å². The number of ether oxygens (including phenoxy) is 1. The summed E-state index contributed by atoms with van der Waals surface area (Å²) in [6, 6.07) is 25.0. The van der Waals surface area contributed by atoms with Gasteiger partial charge in [0.1, 0.15) is 13.5 Å². The summed E-state index contributed by atoms with van der Waals surface area (Å²) < 4.78 is 11.2. The highest BCUT2D eigenvalue weighted by Gasteiger charge is 2.18. The molecular formula is C30H32N4OS2. The number of imidazole rings is 1. The number of fused-ring (bicyclic) bond motifs is 2. The summed E-state index contributed by atoms with van der Waals surface area (Å²) >= 11 is 7.33. The highest BCUT2D eigenvalue weighted by atomic mass is 32.2. The van der Waals surface area contributed by atoms with Crippen molar-refractivity contribution in [2.45, 2.75) is 32.9 Å². The van der Waals surface area contributed by atoms with Crippen molar-refractivity contribution in [2.24, 2.45) is 0 Å². The molecule has 0 aliphatic heterocycles. The SMILES string of the molecule is CS/C=C/Cc1c(C(C)C)c2ccccc2n1COCNc1cccc(-n2c(=S)[nH]c3ccccc32)c1. The van der Waals surface area contributed by atoms with Crippen LogP contribution in [-0.4, -0.2) is 27.1 Å². The molecule has 7 heteroatoms. The molecule has 2 N–H and O–H groups in total. The molecule has 3 aromatic carbocycles. The topological polar surface area (TPSA) is 46.9 Å². The molecule has 5 aromatic rings. The first-order chi connectivity index (χ1) is 18.1. The Labute approximate surface area is 227 Å². The highest BCUT2D eigenvalue weighted by Crippen LogP contribution is 2.33. The van der Waals surface area contributed by atoms with Gasteiger partial charge in [-0.3, -0.25) is 4.57 Å². The second kappa shape index (κ2) is 11.4. The third-order valence-electron chi connectivity index (χ3n) is 6.54. The molecule has 190 valence electrons. The molecule has 0 fully saturated rings. The van der Waals surface area contributed by atoms with Gasteiger partial charge in [-0.1, -0.05) is 56.3 Å². The summed E-state index contributed by atoms with van der Waals surface area (Å²) in [4.78, 5) is 3.29. The van der Waals surface area contributed by atoms with Gasteiger partial charge in [0, 0.05) is 23.2 Å². The predicted octanol–water partition coefficient (Wildman–Crippen LogP) is 8.23. The number of thioether (sulfide) groups is 1. The van der Waals surface area contributed by atoms with Crippen LogP contribution in [0.15, 0.2) is 84.3 Å². The molecule has 2 aromatic heterocycles. The van der Waals surface area contributed by atoms with E-state index in [2.05, 4.69) is 93.5 Å². The van der Waals surface area contributed by atoms with Crippen molar-refractivity contribution < 1.29 is 4.74 Å². The fraction of sp³-hybridized carbons (Fsp3) is 0.233. The molecule has 0 radical (unpaired) electrons. The standard InChI is InChI=1S/C30H32N4OS2/c1-21(2)29-24-12-4-6-14-26(24)33(28(29)16-9-17-37-3)20-35-19-31-22-10-8-11-23(18-22)34-27-15-7-5-13-25(27)32-30(34)36/h4-15,17-18,21,31H,16,19-20H2,1-3H3,(H,32,36)/b17-9+. The number of nitrogens with one attached hydrogen (secondary N) is 2. The van der Waals surface area contributed by atoms with Crippen molar-refractivity contribution in [3.8, 4) is 5.69 Å². The Kier molecular flexibility index (Phi) is 7.84. The molecule has 5 rings (SSSR count). The van der Waals surface area contributed by atoms with E-state index in [9.17, 15) is 0 Å². The van der Waals surface area contributed by atoms with Crippen molar-refractivity contribution in [2.75, 3.05) is 18.3 Å². The van der Waals surface area contributed by atoms with E-state index in [1.807, 2.05) is 30.3 Å². The van der Waals surface area contributed by atoms with Crippen LogP contribution in [-0.2, 0) is 17.9 Å². The molecule has 0 spiro atoms. The van der Waals surface area contributed by atoms with Crippen molar-refractivity contribution >= 4 is 51.6 Å². The molecule has 0 atom stereocenters. The van der Waals surface area contributed by atoms with Crippen molar-refractivity contribution in [3.63, 3.8) is 0 Å². The molecule has 0 bridgehead atoms. The second-order valence-corrected chi connectivity index (χ2v) is 10.4. The number of rotatable bonds is 10. The Bertz CT molecular complexity index is 1610. The van der Waals surface area contributed by atoms with Crippen LogP contribution in [0.4, 0.5) is 5.69 Å². The summed E-state index contributed by atoms with van der Waals surface area (Å²) in [6.07, 6.45) is 5.21. The number of hydrogen-bond donors (Lipinski definition) is 2. The third-order valence-corrected chi connectivity index (χ3v) is 7.28. The minimum atomic E-state index is 0.395. The smallest absolute Gasteiger partial charge is 0.182 e. The minimum absolute atomic E-state index is 0.395. The maximum atomic E-state index is 6.19. The van der Waals surface area contributed by atoms with Crippen LogP contribution >= 0.6 is 24.0 Å². The average molecular weight is 529 g/mol. The fourth-order valence-electron chi connectivity index (χ4n) is 4.99. The van der Waals surface area contributed by atoms with Crippen LogP contribution in [0.25, 0.3) is 27.6 Å². The molecule has 2 heterocycles. The summed E-state index contributed by atoms with van der Waals surface area (Å²) in [7, 11) is 0. The summed E-state index contributed by atoms with van der Waals surface area (Å²) in [5.41, 5.74) is 8.01. The monoisotopic (exact) mass is 528 g/mol. The number of nitrogens with zero attached hydrogens (tertiary/aromatic N) is 2. The number of aromatic nitrogens is 3. The van der Waals surface area contributed by atoms with Crippen LogP contribution in [0.2, 0.25) is 0 Å². The van der Waals surface area contributed by atoms with Crippen LogP contribution in [0, 0.1) is 4.77 Å². The van der Waals surface area contributed by atoms with Gasteiger partial charge in [-0.15, -0.1) is 11.8 Å². The van der Waals surface area contributed by atoms with Gasteiger partial charge in [0.25, 0.3) is 0 Å². The lowest BCUT2D eigenvalue weighted by atomic mass is 9.98. The molecular weight excluding hydrogens is 496 g/mol. The van der Waals surface area contributed by atoms with E-state index in [1.54, 1.807) is 11.8 Å². The Hall–Kier alpha value is -3.26. The first-order valence-electron chi connectivity index (χ1n) is 12.5. The number of aromatic amines is 1. The maximum Gasteiger partial charge on any atom is 0.182 e. The van der Waals surface area contributed by atoms with Gasteiger partial charge in [-0.25, -0.2) is 0 Å². The molecule has 37 heavy (non-hydrogen) atoms. The fourth-order valence-corrected chi connectivity index (χ4v) is 5.59. The predicted molar refractivity (Wildman–Crippen MR) is 160 cm³/mol. The largest absolute Gasteiger partial charge is 0.363 e. The average Bonchev–Trinajstić information content (AvgIpc) is 3.40. The van der Waals surface area contributed by atoms with Crippen LogP contribution in [0.5, 0.6) is 0 Å². The highest BCUT2D eigenvalue weighted by molar-refractivity contribution is 8.01. The van der Waals surface area contributed by atoms with Gasteiger partial charge in [-0.2, -0.15) is 0 Å². The van der Waals surface area contributed by atoms with E-state index in [0.717, 1.165) is 28.8 Å². The van der Waals surface area contributed by atoms with E-state index >= 15 is 0 Å². The molecule has 0 amide bonds. The van der Waals surface area contributed by atoms with Crippen LogP contribution in [0.3, 0.4) is 0 Å². The normalized spacial score (nSPS) is 11.9. The zero-order valence-corrected chi connectivity index (χ0v) is 23.0. The van der Waals surface area contributed by atoms with Gasteiger partial charge in [-0.05, 0) is 71.8 Å². The Balaban J connectivity index is 1.34. The Morgan fingerprint density at radius 1 is 1.03 bits per heavy atom. The van der Waals surface area contributed by atoms with Crippen LogP contribution in [0.1, 0.15) is 31.0 Å². The first-order valence-corrected chi connectivity index (χ1v) is 14.2. The summed E-state index contributed by atoms with van der Waals surface area (Å²) in [6.45, 7) is 5.41. The Morgan fingerprint density at radius 2 is 1.81 bits per heavy atom. The molecule has 0 aliphatic rings. The third kappa shape index (κ3) is 5.25. The van der Waals surface area contributed by atoms with Gasteiger partial charge in [0.2, 0.25) is 0 Å². The summed E-state index contributed by atoms with van der Waals surface area (Å²) in [5, 5.41) is 6.89. The summed E-state index contributed by atoms with van der Waals surface area (Å²) in [5.74, 6) is 0.431. The lowest BCUT2D eigenvalue weighted by molar-refractivity contribution is 0.0932. The quantitative estimate of drug-likeness (QED) is 0.109. The maximum absolute atomic E-state index is 6.19. The van der Waals surface area contributed by atoms with Crippen molar-refractivity contribution in [1.82, 2.24) is 14.1 Å². The van der Waals surface area contributed by atoms with Gasteiger partial charge in [0.05, 0.1) is 22.2 Å². The number of anilines is 1. The minimum Gasteiger partial charge on any atom is -0.363 e. The van der Waals surface area contributed by atoms with Gasteiger partial charge < -0.3 is 19.6 Å². The van der Waals surface area contributed by atoms with E-state index < -0.39 is 0 Å². The zero-order chi connectivity index (χ0) is 25.8. The number of benzene rings is 3. The van der Waals surface area contributed by atoms with Crippen molar-refractivity contribution in [1.29, 1.82) is 0 Å². The molecule has 5 nitrogen and oxygen atoms in total. The number of hydrogen-bond acceptors (Lipinski definition) is 4. The molecule has 0 unspecified atom stereocenters. The Morgan fingerprint density at radius 3 is 2.62 bits per heavy atom. The molecule has 0 aliphatic carbocycles. The molecule has 0 saturated heterocycles. The molecule has 0 saturated carbocycles. The van der Waals surface area contributed by atoms with E-state index in [0.29, 0.717) is 24.2 Å². The zero-order valence-electron chi connectivity index (χ0n) is 21.4. The number of allylic oxidation sites excluding steroid dienone is 1. The first kappa shape index (κ1) is 25.4. The lowest BCUT2D eigenvalue weighted by Gasteiger charge is -2.14. The van der Waals surface area contributed by atoms with E-state index in [4.69, 9.17) is 17.0 Å². The second-order valence-electron chi connectivity index (χ2n) is 9.26.